The number of rotatable bonds is 1. The molecule has 0 aliphatic heterocycles. The van der Waals surface area contributed by atoms with Gasteiger partial charge in [-0.3, -0.25) is 0 Å². The number of ether oxygens (including phenoxy) is 1. The van der Waals surface area contributed by atoms with Gasteiger partial charge in [0.05, 0.1) is 7.11 Å². The molecule has 0 spiro atoms. The lowest BCUT2D eigenvalue weighted by molar-refractivity contribution is 0.413. The Hall–Kier alpha value is -0.980. The minimum absolute atomic E-state index is 0.866. The van der Waals surface area contributed by atoms with Crippen molar-refractivity contribution in [3.05, 3.63) is 29.3 Å². The molecule has 57 valence electrons. The Balaban J connectivity index is 2.41. The fourth-order valence-electron chi connectivity index (χ4n) is 1.60. The highest BCUT2D eigenvalue weighted by atomic mass is 16.5. The zero-order chi connectivity index (χ0) is 7.68. The minimum atomic E-state index is 0.866. The van der Waals surface area contributed by atoms with Gasteiger partial charge in [-0.15, -0.1) is 0 Å². The van der Waals surface area contributed by atoms with Gasteiger partial charge < -0.3 is 4.74 Å². The van der Waals surface area contributed by atoms with Crippen molar-refractivity contribution in [3.63, 3.8) is 0 Å². The monoisotopic (exact) mass is 147 g/mol. The van der Waals surface area contributed by atoms with Gasteiger partial charge in [-0.05, 0) is 42.5 Å². The summed E-state index contributed by atoms with van der Waals surface area (Å²) in [5.41, 5.74) is 2.89. The molecule has 0 saturated heterocycles. The van der Waals surface area contributed by atoms with Crippen LogP contribution in [0.25, 0.3) is 0 Å². The number of benzene rings is 1. The van der Waals surface area contributed by atoms with E-state index in [9.17, 15) is 0 Å². The second kappa shape index (κ2) is 2.57. The molecule has 0 amide bonds. The Morgan fingerprint density at radius 2 is 2.18 bits per heavy atom. The molecule has 1 aromatic rings. The Labute approximate surface area is 67.0 Å². The van der Waals surface area contributed by atoms with Crippen LogP contribution < -0.4 is 4.74 Å². The largest absolute Gasteiger partial charge is 0.496 e. The van der Waals surface area contributed by atoms with Gasteiger partial charge in [-0.25, -0.2) is 0 Å². The smallest absolute Gasteiger partial charge is 0.127 e. The van der Waals surface area contributed by atoms with Crippen molar-refractivity contribution in [1.29, 1.82) is 0 Å². The van der Waals surface area contributed by atoms with E-state index in [0.29, 0.717) is 0 Å². The molecule has 2 rings (SSSR count). The molecule has 1 nitrogen and oxygen atoms in total. The SMILES string of the molecule is COc1[c]cc2c(c1)CCC2. The van der Waals surface area contributed by atoms with Crippen molar-refractivity contribution < 1.29 is 4.74 Å². The Bertz CT molecular complexity index is 266. The van der Waals surface area contributed by atoms with Crippen LogP contribution in [-0.4, -0.2) is 7.11 Å². The van der Waals surface area contributed by atoms with Crippen LogP contribution in [0.3, 0.4) is 0 Å². The summed E-state index contributed by atoms with van der Waals surface area (Å²) < 4.78 is 5.08. The third-order valence-corrected chi connectivity index (χ3v) is 2.22. The van der Waals surface area contributed by atoms with Crippen LogP contribution >= 0.6 is 0 Å². The molecule has 1 aliphatic carbocycles. The summed E-state index contributed by atoms with van der Waals surface area (Å²) in [4.78, 5) is 0. The highest BCUT2D eigenvalue weighted by molar-refractivity contribution is 5.37. The molecule has 0 heterocycles. The van der Waals surface area contributed by atoms with Gasteiger partial charge in [-0.2, -0.15) is 0 Å². The van der Waals surface area contributed by atoms with Crippen LogP contribution in [0.2, 0.25) is 0 Å². The maximum absolute atomic E-state index is 5.08. The number of hydrogen-bond acceptors (Lipinski definition) is 1. The van der Waals surface area contributed by atoms with E-state index in [2.05, 4.69) is 18.2 Å². The van der Waals surface area contributed by atoms with Gasteiger partial charge in [0, 0.05) is 6.07 Å². The molecule has 0 N–H and O–H groups in total. The van der Waals surface area contributed by atoms with Crippen LogP contribution in [0.4, 0.5) is 0 Å². The average molecular weight is 147 g/mol. The van der Waals surface area contributed by atoms with Gasteiger partial charge in [0.2, 0.25) is 0 Å². The van der Waals surface area contributed by atoms with Crippen LogP contribution in [-0.2, 0) is 12.8 Å². The normalized spacial score (nSPS) is 14.6. The minimum Gasteiger partial charge on any atom is -0.496 e. The molecule has 0 aromatic heterocycles. The summed E-state index contributed by atoms with van der Waals surface area (Å²) >= 11 is 0. The van der Waals surface area contributed by atoms with E-state index < -0.39 is 0 Å². The van der Waals surface area contributed by atoms with Crippen molar-refractivity contribution in [1.82, 2.24) is 0 Å². The first kappa shape index (κ1) is 6.71. The van der Waals surface area contributed by atoms with E-state index in [0.717, 1.165) is 5.75 Å². The fourth-order valence-corrected chi connectivity index (χ4v) is 1.60. The Kier molecular flexibility index (Phi) is 1.57. The van der Waals surface area contributed by atoms with Crippen LogP contribution in [0.5, 0.6) is 5.75 Å². The number of methoxy groups -OCH3 is 1. The number of fused-ring (bicyclic) bond motifs is 1. The Morgan fingerprint density at radius 3 is 3.00 bits per heavy atom. The molecule has 1 aliphatic rings. The van der Waals surface area contributed by atoms with E-state index in [1.54, 1.807) is 7.11 Å². The summed E-state index contributed by atoms with van der Waals surface area (Å²) in [5, 5.41) is 0. The van der Waals surface area contributed by atoms with E-state index in [4.69, 9.17) is 4.74 Å². The van der Waals surface area contributed by atoms with Gasteiger partial charge in [0.25, 0.3) is 0 Å². The maximum Gasteiger partial charge on any atom is 0.127 e. The molecule has 0 atom stereocenters. The predicted octanol–water partition coefficient (Wildman–Crippen LogP) is 1.98. The molecule has 1 heteroatoms. The first-order chi connectivity index (χ1) is 5.40. The fraction of sp³-hybridized carbons (Fsp3) is 0.400. The highest BCUT2D eigenvalue weighted by Crippen LogP contribution is 2.25. The molecular formula is C10H11O. The molecule has 1 radical (unpaired) electrons. The molecule has 0 unspecified atom stereocenters. The van der Waals surface area contributed by atoms with Crippen molar-refractivity contribution in [2.45, 2.75) is 19.3 Å². The summed E-state index contributed by atoms with van der Waals surface area (Å²) in [7, 11) is 1.69. The van der Waals surface area contributed by atoms with Gasteiger partial charge in [-0.1, -0.05) is 0 Å². The van der Waals surface area contributed by atoms with Crippen LogP contribution in [0.15, 0.2) is 12.1 Å². The zero-order valence-electron chi connectivity index (χ0n) is 6.68. The molecule has 0 fully saturated rings. The van der Waals surface area contributed by atoms with Crippen molar-refractivity contribution in [3.8, 4) is 5.75 Å². The standard InChI is InChI=1S/C10H11O/c1-11-10-6-5-8-3-2-4-9(8)7-10/h5,7H,2-4H2,1H3. The van der Waals surface area contributed by atoms with Gasteiger partial charge >= 0.3 is 0 Å². The second-order valence-corrected chi connectivity index (χ2v) is 2.91. The lowest BCUT2D eigenvalue weighted by atomic mass is 10.1. The number of aryl methyl sites for hydroxylation is 2. The van der Waals surface area contributed by atoms with E-state index >= 15 is 0 Å². The van der Waals surface area contributed by atoms with Crippen LogP contribution in [0, 0.1) is 6.07 Å². The van der Waals surface area contributed by atoms with Crippen molar-refractivity contribution in [2.75, 3.05) is 7.11 Å². The highest BCUT2D eigenvalue weighted by Gasteiger charge is 2.10. The molecule has 0 saturated carbocycles. The summed E-state index contributed by atoms with van der Waals surface area (Å²) in [5.74, 6) is 0.866. The number of hydrogen-bond donors (Lipinski definition) is 0. The van der Waals surface area contributed by atoms with E-state index in [-0.39, 0.29) is 0 Å². The second-order valence-electron chi connectivity index (χ2n) is 2.91. The van der Waals surface area contributed by atoms with Gasteiger partial charge in [0.1, 0.15) is 5.75 Å². The summed E-state index contributed by atoms with van der Waals surface area (Å²) in [6.07, 6.45) is 3.71. The molecule has 11 heavy (non-hydrogen) atoms. The average Bonchev–Trinajstić information content (AvgIpc) is 2.50. The molecular weight excluding hydrogens is 136 g/mol. The lowest BCUT2D eigenvalue weighted by Gasteiger charge is -2.01. The third-order valence-electron chi connectivity index (χ3n) is 2.22. The quantitative estimate of drug-likeness (QED) is 0.590. The maximum atomic E-state index is 5.08. The topological polar surface area (TPSA) is 9.23 Å². The van der Waals surface area contributed by atoms with E-state index in [1.807, 2.05) is 0 Å². The molecule has 0 bridgehead atoms. The van der Waals surface area contributed by atoms with Crippen LogP contribution in [0.1, 0.15) is 17.5 Å². The molecule has 1 aromatic carbocycles. The first-order valence-corrected chi connectivity index (χ1v) is 3.97. The Morgan fingerprint density at radius 1 is 1.36 bits per heavy atom. The zero-order valence-corrected chi connectivity index (χ0v) is 6.68. The first-order valence-electron chi connectivity index (χ1n) is 3.97. The third kappa shape index (κ3) is 1.11. The van der Waals surface area contributed by atoms with Crippen molar-refractivity contribution >= 4 is 0 Å². The van der Waals surface area contributed by atoms with Crippen molar-refractivity contribution in [2.24, 2.45) is 0 Å². The van der Waals surface area contributed by atoms with Gasteiger partial charge in [0.15, 0.2) is 0 Å². The predicted molar refractivity (Wildman–Crippen MR) is 43.9 cm³/mol. The van der Waals surface area contributed by atoms with E-state index in [1.165, 1.54) is 30.4 Å². The lowest BCUT2D eigenvalue weighted by Crippen LogP contribution is -1.86. The summed E-state index contributed by atoms with van der Waals surface area (Å²) in [6, 6.07) is 7.25. The summed E-state index contributed by atoms with van der Waals surface area (Å²) in [6.45, 7) is 0.